The van der Waals surface area contributed by atoms with Gasteiger partial charge < -0.3 is 19.3 Å². The molecule has 0 spiro atoms. The van der Waals surface area contributed by atoms with Crippen LogP contribution in [0.15, 0.2) is 42.5 Å². The number of carbonyl (C=O) groups is 2. The number of rotatable bonds is 4. The Morgan fingerprint density at radius 1 is 0.857 bits per heavy atom. The summed E-state index contributed by atoms with van der Waals surface area (Å²) < 4.78 is 24.4. The van der Waals surface area contributed by atoms with Gasteiger partial charge in [-0.25, -0.2) is 4.39 Å². The van der Waals surface area contributed by atoms with E-state index in [4.69, 9.17) is 9.47 Å². The van der Waals surface area contributed by atoms with E-state index in [1.54, 1.807) is 47.2 Å². The minimum absolute atomic E-state index is 0.0547. The zero-order chi connectivity index (χ0) is 20.1. The third-order valence-corrected chi connectivity index (χ3v) is 4.81. The molecule has 0 aromatic heterocycles. The molecule has 1 heterocycles. The van der Waals surface area contributed by atoms with Gasteiger partial charge in [0.1, 0.15) is 17.3 Å². The highest BCUT2D eigenvalue weighted by atomic mass is 19.1. The molecule has 0 unspecified atom stereocenters. The molecule has 0 atom stereocenters. The van der Waals surface area contributed by atoms with E-state index in [0.29, 0.717) is 49.7 Å². The zero-order valence-electron chi connectivity index (χ0n) is 16.0. The van der Waals surface area contributed by atoms with E-state index in [1.807, 2.05) is 0 Å². The minimum atomic E-state index is -0.535. The van der Waals surface area contributed by atoms with Gasteiger partial charge in [-0.15, -0.1) is 0 Å². The van der Waals surface area contributed by atoms with Crippen LogP contribution in [0.25, 0.3) is 0 Å². The van der Waals surface area contributed by atoms with Crippen LogP contribution in [0.5, 0.6) is 11.5 Å². The molecule has 1 aliphatic rings. The standard InChI is InChI=1S/C21H23FN2O4/c1-27-15-8-9-17(19(14-15)28-2)21(26)24-11-5-10-23(12-13-24)20(25)16-6-3-4-7-18(16)22/h3-4,6-9,14H,5,10-13H2,1-2H3. The van der Waals surface area contributed by atoms with Crippen molar-refractivity contribution in [3.63, 3.8) is 0 Å². The summed E-state index contributed by atoms with van der Waals surface area (Å²) in [5, 5.41) is 0. The maximum atomic E-state index is 13.9. The molecule has 1 fully saturated rings. The number of carbonyl (C=O) groups excluding carboxylic acids is 2. The van der Waals surface area contributed by atoms with Crippen molar-refractivity contribution in [2.45, 2.75) is 6.42 Å². The maximum Gasteiger partial charge on any atom is 0.257 e. The maximum absolute atomic E-state index is 13.9. The first kappa shape index (κ1) is 19.7. The lowest BCUT2D eigenvalue weighted by Crippen LogP contribution is -2.37. The van der Waals surface area contributed by atoms with Gasteiger partial charge >= 0.3 is 0 Å². The third-order valence-electron chi connectivity index (χ3n) is 4.81. The van der Waals surface area contributed by atoms with Crippen molar-refractivity contribution in [1.29, 1.82) is 0 Å². The van der Waals surface area contributed by atoms with Crippen LogP contribution in [0.4, 0.5) is 4.39 Å². The zero-order valence-corrected chi connectivity index (χ0v) is 16.0. The van der Waals surface area contributed by atoms with E-state index in [-0.39, 0.29) is 17.4 Å². The second-order valence-electron chi connectivity index (χ2n) is 6.48. The van der Waals surface area contributed by atoms with Gasteiger partial charge in [0.05, 0.1) is 25.3 Å². The van der Waals surface area contributed by atoms with Crippen LogP contribution < -0.4 is 9.47 Å². The molecule has 6 nitrogen and oxygen atoms in total. The van der Waals surface area contributed by atoms with E-state index in [2.05, 4.69) is 0 Å². The lowest BCUT2D eigenvalue weighted by molar-refractivity contribution is 0.0714. The monoisotopic (exact) mass is 386 g/mol. The molecule has 3 rings (SSSR count). The van der Waals surface area contributed by atoms with Crippen molar-refractivity contribution < 1.29 is 23.5 Å². The Hall–Kier alpha value is -3.09. The van der Waals surface area contributed by atoms with Crippen molar-refractivity contribution in [2.24, 2.45) is 0 Å². The number of hydrogen-bond donors (Lipinski definition) is 0. The first-order valence-electron chi connectivity index (χ1n) is 9.10. The Bertz CT molecular complexity index is 871. The van der Waals surface area contributed by atoms with Crippen LogP contribution in [-0.4, -0.2) is 62.0 Å². The number of nitrogens with zero attached hydrogens (tertiary/aromatic N) is 2. The highest BCUT2D eigenvalue weighted by molar-refractivity contribution is 5.97. The highest BCUT2D eigenvalue weighted by Gasteiger charge is 2.26. The predicted octanol–water partition coefficient (Wildman–Crippen LogP) is 2.83. The van der Waals surface area contributed by atoms with Gasteiger partial charge in [0.25, 0.3) is 11.8 Å². The molecule has 7 heteroatoms. The largest absolute Gasteiger partial charge is 0.497 e. The lowest BCUT2D eigenvalue weighted by atomic mass is 10.1. The smallest absolute Gasteiger partial charge is 0.257 e. The predicted molar refractivity (Wildman–Crippen MR) is 102 cm³/mol. The van der Waals surface area contributed by atoms with Crippen molar-refractivity contribution in [1.82, 2.24) is 9.80 Å². The summed E-state index contributed by atoms with van der Waals surface area (Å²) in [5.74, 6) is -0.0134. The van der Waals surface area contributed by atoms with Crippen LogP contribution in [0.3, 0.4) is 0 Å². The second-order valence-corrected chi connectivity index (χ2v) is 6.48. The Kier molecular flexibility index (Phi) is 6.13. The lowest BCUT2D eigenvalue weighted by Gasteiger charge is -2.23. The van der Waals surface area contributed by atoms with E-state index < -0.39 is 5.82 Å². The average Bonchev–Trinajstić information content (AvgIpc) is 2.99. The number of methoxy groups -OCH3 is 2. The molecule has 0 radical (unpaired) electrons. The number of ether oxygens (including phenoxy) is 2. The van der Waals surface area contributed by atoms with Crippen molar-refractivity contribution in [3.05, 3.63) is 59.4 Å². The fraction of sp³-hybridized carbons (Fsp3) is 0.333. The van der Waals surface area contributed by atoms with E-state index in [1.165, 1.54) is 19.2 Å². The quantitative estimate of drug-likeness (QED) is 0.811. The molecule has 28 heavy (non-hydrogen) atoms. The number of benzene rings is 2. The third kappa shape index (κ3) is 4.08. The van der Waals surface area contributed by atoms with Crippen LogP contribution in [0.1, 0.15) is 27.1 Å². The molecule has 0 aliphatic carbocycles. The Balaban J connectivity index is 1.72. The highest BCUT2D eigenvalue weighted by Crippen LogP contribution is 2.26. The normalized spacial score (nSPS) is 14.4. The Labute approximate surface area is 163 Å². The average molecular weight is 386 g/mol. The van der Waals surface area contributed by atoms with Crippen LogP contribution >= 0.6 is 0 Å². The summed E-state index contributed by atoms with van der Waals surface area (Å²) in [6.07, 6.45) is 0.615. The van der Waals surface area contributed by atoms with Gasteiger partial charge in [0.15, 0.2) is 0 Å². The number of amides is 2. The van der Waals surface area contributed by atoms with Gasteiger partial charge in [-0.1, -0.05) is 12.1 Å². The molecule has 2 aromatic rings. The van der Waals surface area contributed by atoms with Crippen molar-refractivity contribution >= 4 is 11.8 Å². The Morgan fingerprint density at radius 2 is 1.50 bits per heavy atom. The van der Waals surface area contributed by atoms with Gasteiger partial charge in [-0.2, -0.15) is 0 Å². The van der Waals surface area contributed by atoms with E-state index in [0.717, 1.165) is 0 Å². The first-order chi connectivity index (χ1) is 13.5. The fourth-order valence-electron chi connectivity index (χ4n) is 3.27. The van der Waals surface area contributed by atoms with Crippen molar-refractivity contribution in [3.8, 4) is 11.5 Å². The molecule has 2 aromatic carbocycles. The molecule has 0 bridgehead atoms. The molecular formula is C21H23FN2O4. The molecular weight excluding hydrogens is 363 g/mol. The summed E-state index contributed by atoms with van der Waals surface area (Å²) in [6.45, 7) is 1.69. The summed E-state index contributed by atoms with van der Waals surface area (Å²) in [7, 11) is 3.05. The SMILES string of the molecule is COc1ccc(C(=O)N2CCCN(C(=O)c3ccccc3F)CC2)c(OC)c1. The molecule has 148 valence electrons. The fourth-order valence-corrected chi connectivity index (χ4v) is 3.27. The summed E-state index contributed by atoms with van der Waals surface area (Å²) >= 11 is 0. The topological polar surface area (TPSA) is 59.1 Å². The summed E-state index contributed by atoms with van der Waals surface area (Å²) in [6, 6.07) is 11.0. The van der Waals surface area contributed by atoms with E-state index >= 15 is 0 Å². The Morgan fingerprint density at radius 3 is 2.11 bits per heavy atom. The molecule has 1 aliphatic heterocycles. The van der Waals surface area contributed by atoms with E-state index in [9.17, 15) is 14.0 Å². The minimum Gasteiger partial charge on any atom is -0.497 e. The van der Waals surface area contributed by atoms with Gasteiger partial charge in [0.2, 0.25) is 0 Å². The van der Waals surface area contributed by atoms with Gasteiger partial charge in [-0.3, -0.25) is 9.59 Å². The second kappa shape index (κ2) is 8.73. The molecule has 1 saturated heterocycles. The first-order valence-corrected chi connectivity index (χ1v) is 9.10. The summed E-state index contributed by atoms with van der Waals surface area (Å²) in [5.41, 5.74) is 0.497. The van der Waals surface area contributed by atoms with Gasteiger partial charge in [-0.05, 0) is 30.7 Å². The molecule has 2 amide bonds. The van der Waals surface area contributed by atoms with Gasteiger partial charge in [0, 0.05) is 32.2 Å². The van der Waals surface area contributed by atoms with Crippen LogP contribution in [0.2, 0.25) is 0 Å². The van der Waals surface area contributed by atoms with Crippen LogP contribution in [-0.2, 0) is 0 Å². The summed E-state index contributed by atoms with van der Waals surface area (Å²) in [4.78, 5) is 28.9. The van der Waals surface area contributed by atoms with Crippen LogP contribution in [0, 0.1) is 5.82 Å². The number of halogens is 1. The van der Waals surface area contributed by atoms with Crippen molar-refractivity contribution in [2.75, 3.05) is 40.4 Å². The molecule has 0 saturated carbocycles. The molecule has 0 N–H and O–H groups in total. The number of hydrogen-bond acceptors (Lipinski definition) is 4.